The number of pyridine rings is 1. The number of halogens is 1. The third kappa shape index (κ3) is 3.67. The standard InChI is InChI=1S/C11H16N4O4S.ClH/c12-8-9-3-6-14(7-4-9)20(18,19)11-10(15(16)17)2-1-5-13-11;/h1-2,5,9H,3-4,6-8,12H2;1H. The number of aromatic nitrogens is 1. The van der Waals surface area contributed by atoms with Crippen LogP contribution in [0.3, 0.4) is 0 Å². The SMILES string of the molecule is Cl.NCC1CCN(S(=O)(=O)c2ncccc2[N+](=O)[O-])CC1. The first-order valence-electron chi connectivity index (χ1n) is 6.26. The number of rotatable bonds is 4. The molecule has 0 bridgehead atoms. The Morgan fingerprint density at radius 1 is 1.43 bits per heavy atom. The maximum atomic E-state index is 12.4. The Balaban J connectivity index is 0.00000220. The van der Waals surface area contributed by atoms with E-state index in [9.17, 15) is 18.5 Å². The molecule has 0 atom stereocenters. The summed E-state index contributed by atoms with van der Waals surface area (Å²) in [6, 6.07) is 2.49. The number of nitrogens with zero attached hydrogens (tertiary/aromatic N) is 3. The fourth-order valence-corrected chi connectivity index (χ4v) is 3.76. The molecule has 10 heteroatoms. The Morgan fingerprint density at radius 3 is 2.57 bits per heavy atom. The van der Waals surface area contributed by atoms with Crippen LogP contribution in [0.4, 0.5) is 5.69 Å². The van der Waals surface area contributed by atoms with Crippen molar-refractivity contribution in [2.24, 2.45) is 11.7 Å². The van der Waals surface area contributed by atoms with Crippen molar-refractivity contribution in [3.63, 3.8) is 0 Å². The molecule has 0 amide bonds. The Bertz CT molecular complexity index is 602. The second kappa shape index (κ2) is 7.12. The van der Waals surface area contributed by atoms with E-state index in [-0.39, 0.29) is 12.4 Å². The van der Waals surface area contributed by atoms with Crippen molar-refractivity contribution >= 4 is 28.1 Å². The number of nitro groups is 1. The second-order valence-electron chi connectivity index (χ2n) is 4.67. The summed E-state index contributed by atoms with van der Waals surface area (Å²) in [5.74, 6) is 0.306. The Kier molecular flexibility index (Phi) is 6.02. The lowest BCUT2D eigenvalue weighted by Crippen LogP contribution is -2.40. The lowest BCUT2D eigenvalue weighted by atomic mass is 9.99. The first kappa shape index (κ1) is 17.8. The van der Waals surface area contributed by atoms with Gasteiger partial charge in [0.25, 0.3) is 10.0 Å². The third-order valence-corrected chi connectivity index (χ3v) is 5.29. The maximum Gasteiger partial charge on any atom is 0.308 e. The highest BCUT2D eigenvalue weighted by Crippen LogP contribution is 2.27. The van der Waals surface area contributed by atoms with Gasteiger partial charge in [-0.1, -0.05) is 0 Å². The summed E-state index contributed by atoms with van der Waals surface area (Å²) in [5, 5.41) is 10.4. The monoisotopic (exact) mass is 336 g/mol. The van der Waals surface area contributed by atoms with Gasteiger partial charge in [0.15, 0.2) is 0 Å². The summed E-state index contributed by atoms with van der Waals surface area (Å²) < 4.78 is 26.1. The normalized spacial score (nSPS) is 17.2. The molecule has 1 aromatic heterocycles. The number of piperidine rings is 1. The van der Waals surface area contributed by atoms with Crippen LogP contribution in [-0.4, -0.2) is 42.3 Å². The topological polar surface area (TPSA) is 119 Å². The zero-order chi connectivity index (χ0) is 14.8. The van der Waals surface area contributed by atoms with E-state index in [0.717, 1.165) is 6.07 Å². The molecular weight excluding hydrogens is 320 g/mol. The van der Waals surface area contributed by atoms with E-state index in [1.54, 1.807) is 0 Å². The minimum absolute atomic E-state index is 0. The lowest BCUT2D eigenvalue weighted by molar-refractivity contribution is -0.388. The molecule has 2 heterocycles. The van der Waals surface area contributed by atoms with Crippen LogP contribution in [0.2, 0.25) is 0 Å². The molecule has 8 nitrogen and oxygen atoms in total. The molecule has 0 aromatic carbocycles. The van der Waals surface area contributed by atoms with Gasteiger partial charge in [0.05, 0.1) is 4.92 Å². The van der Waals surface area contributed by atoms with Gasteiger partial charge >= 0.3 is 5.69 Å². The molecule has 21 heavy (non-hydrogen) atoms. The third-order valence-electron chi connectivity index (χ3n) is 3.44. The van der Waals surface area contributed by atoms with Gasteiger partial charge < -0.3 is 5.73 Å². The molecule has 2 rings (SSSR count). The van der Waals surface area contributed by atoms with Crippen LogP contribution in [0.15, 0.2) is 23.4 Å². The highest BCUT2D eigenvalue weighted by molar-refractivity contribution is 7.89. The van der Waals surface area contributed by atoms with E-state index in [1.165, 1.54) is 16.6 Å². The van der Waals surface area contributed by atoms with Crippen molar-refractivity contribution in [3.05, 3.63) is 28.4 Å². The second-order valence-corrected chi connectivity index (χ2v) is 6.52. The Morgan fingerprint density at radius 2 is 2.05 bits per heavy atom. The maximum absolute atomic E-state index is 12.4. The van der Waals surface area contributed by atoms with E-state index < -0.39 is 25.7 Å². The first-order chi connectivity index (χ1) is 9.46. The van der Waals surface area contributed by atoms with Crippen molar-refractivity contribution in [1.29, 1.82) is 0 Å². The molecule has 0 spiro atoms. The average molecular weight is 337 g/mol. The molecule has 1 fully saturated rings. The van der Waals surface area contributed by atoms with Crippen molar-refractivity contribution in [2.75, 3.05) is 19.6 Å². The average Bonchev–Trinajstić information content (AvgIpc) is 2.47. The van der Waals surface area contributed by atoms with Gasteiger partial charge in [-0.2, -0.15) is 4.31 Å². The number of hydrogen-bond donors (Lipinski definition) is 1. The van der Waals surface area contributed by atoms with Crippen LogP contribution < -0.4 is 5.73 Å². The summed E-state index contributed by atoms with van der Waals surface area (Å²) in [6.07, 6.45) is 2.57. The van der Waals surface area contributed by atoms with Crippen LogP contribution >= 0.6 is 12.4 Å². The van der Waals surface area contributed by atoms with Gasteiger partial charge in [-0.25, -0.2) is 13.4 Å². The number of sulfonamides is 1. The van der Waals surface area contributed by atoms with Crippen LogP contribution in [-0.2, 0) is 10.0 Å². The highest BCUT2D eigenvalue weighted by Gasteiger charge is 2.35. The predicted octanol–water partition coefficient (Wildman–Crippen LogP) is 0.771. The molecule has 0 aliphatic carbocycles. The molecule has 1 aromatic rings. The largest absolute Gasteiger partial charge is 0.330 e. The highest BCUT2D eigenvalue weighted by atomic mass is 35.5. The van der Waals surface area contributed by atoms with Crippen LogP contribution in [0, 0.1) is 16.0 Å². The lowest BCUT2D eigenvalue weighted by Gasteiger charge is -2.29. The summed E-state index contributed by atoms with van der Waals surface area (Å²) in [4.78, 5) is 13.9. The molecule has 118 valence electrons. The molecule has 1 aliphatic heterocycles. The van der Waals surface area contributed by atoms with Crippen molar-refractivity contribution < 1.29 is 13.3 Å². The van der Waals surface area contributed by atoms with Crippen molar-refractivity contribution in [1.82, 2.24) is 9.29 Å². The molecule has 0 saturated carbocycles. The van der Waals surface area contributed by atoms with Crippen LogP contribution in [0.5, 0.6) is 0 Å². The summed E-state index contributed by atoms with van der Waals surface area (Å²) >= 11 is 0. The summed E-state index contributed by atoms with van der Waals surface area (Å²) in [6.45, 7) is 1.16. The van der Waals surface area contributed by atoms with E-state index >= 15 is 0 Å². The van der Waals surface area contributed by atoms with Gasteiger partial charge in [0.1, 0.15) is 0 Å². The number of nitrogens with two attached hydrogens (primary N) is 1. The molecule has 2 N–H and O–H groups in total. The predicted molar refractivity (Wildman–Crippen MR) is 78.7 cm³/mol. The van der Waals surface area contributed by atoms with Gasteiger partial charge in [-0.15, -0.1) is 12.4 Å². The van der Waals surface area contributed by atoms with Crippen molar-refractivity contribution in [3.8, 4) is 0 Å². The smallest absolute Gasteiger partial charge is 0.308 e. The minimum Gasteiger partial charge on any atom is -0.330 e. The van der Waals surface area contributed by atoms with Crippen LogP contribution in [0.25, 0.3) is 0 Å². The summed E-state index contributed by atoms with van der Waals surface area (Å²) in [5.41, 5.74) is 5.07. The quantitative estimate of drug-likeness (QED) is 0.640. The van der Waals surface area contributed by atoms with E-state index in [0.29, 0.717) is 38.4 Å². The number of hydrogen-bond acceptors (Lipinski definition) is 6. The fourth-order valence-electron chi connectivity index (χ4n) is 2.23. The molecule has 0 unspecified atom stereocenters. The van der Waals surface area contributed by atoms with Crippen molar-refractivity contribution in [2.45, 2.75) is 17.9 Å². The van der Waals surface area contributed by atoms with Gasteiger partial charge in [0.2, 0.25) is 5.03 Å². The van der Waals surface area contributed by atoms with E-state index in [4.69, 9.17) is 5.73 Å². The van der Waals surface area contributed by atoms with Gasteiger partial charge in [-0.3, -0.25) is 10.1 Å². The zero-order valence-corrected chi connectivity index (χ0v) is 12.8. The van der Waals surface area contributed by atoms with Crippen LogP contribution in [0.1, 0.15) is 12.8 Å². The molecule has 0 radical (unpaired) electrons. The van der Waals surface area contributed by atoms with E-state index in [2.05, 4.69) is 4.98 Å². The van der Waals surface area contributed by atoms with E-state index in [1.807, 2.05) is 0 Å². The summed E-state index contributed by atoms with van der Waals surface area (Å²) in [7, 11) is -3.93. The molecule has 1 aliphatic rings. The zero-order valence-electron chi connectivity index (χ0n) is 11.2. The molecule has 1 saturated heterocycles. The molecular formula is C11H17ClN4O4S. The first-order valence-corrected chi connectivity index (χ1v) is 7.70. The minimum atomic E-state index is -3.93. The van der Waals surface area contributed by atoms with Gasteiger partial charge in [-0.05, 0) is 31.4 Å². The van der Waals surface area contributed by atoms with Gasteiger partial charge in [0, 0.05) is 25.4 Å². The fraction of sp³-hybridized carbons (Fsp3) is 0.545. The Hall–Kier alpha value is -1.29. The Labute approximate surface area is 129 Å².